The van der Waals surface area contributed by atoms with Crippen molar-refractivity contribution in [1.29, 1.82) is 0 Å². The third kappa shape index (κ3) is 6.42. The summed E-state index contributed by atoms with van der Waals surface area (Å²) >= 11 is 0. The van der Waals surface area contributed by atoms with Crippen molar-refractivity contribution in [3.63, 3.8) is 0 Å². The van der Waals surface area contributed by atoms with Gasteiger partial charge in [-0.3, -0.25) is 9.59 Å². The Labute approximate surface area is 83.7 Å². The molecule has 2 atom stereocenters. The highest BCUT2D eigenvalue weighted by molar-refractivity contribution is 5.76. The van der Waals surface area contributed by atoms with Gasteiger partial charge in [0, 0.05) is 19.0 Å². The average Bonchev–Trinajstić information content (AvgIpc) is 2.02. The molecule has 0 saturated heterocycles. The molecule has 0 heterocycles. The first-order valence-corrected chi connectivity index (χ1v) is 4.68. The third-order valence-electron chi connectivity index (χ3n) is 1.83. The van der Waals surface area contributed by atoms with E-state index in [1.54, 1.807) is 13.8 Å². The topological polar surface area (TPSA) is 92.4 Å². The van der Waals surface area contributed by atoms with Crippen molar-refractivity contribution in [3.8, 4) is 0 Å². The van der Waals surface area contributed by atoms with E-state index in [1.165, 1.54) is 0 Å². The number of hydrogen-bond acceptors (Lipinski definition) is 3. The van der Waals surface area contributed by atoms with Crippen molar-refractivity contribution in [2.24, 2.45) is 11.7 Å². The number of amides is 1. The summed E-state index contributed by atoms with van der Waals surface area (Å²) in [4.78, 5) is 21.5. The Morgan fingerprint density at radius 1 is 1.43 bits per heavy atom. The summed E-state index contributed by atoms with van der Waals surface area (Å²) in [6, 6.07) is -0.160. The molecule has 5 heteroatoms. The molecule has 1 amide bonds. The average molecular weight is 202 g/mol. The summed E-state index contributed by atoms with van der Waals surface area (Å²) in [6.07, 6.45) is 0.724. The van der Waals surface area contributed by atoms with Gasteiger partial charge in [-0.2, -0.15) is 0 Å². The maximum atomic E-state index is 11.1. The molecular formula is C9H18N2O3. The van der Waals surface area contributed by atoms with Crippen molar-refractivity contribution in [3.05, 3.63) is 0 Å². The molecule has 0 aliphatic heterocycles. The van der Waals surface area contributed by atoms with Crippen LogP contribution in [0.2, 0.25) is 0 Å². The summed E-state index contributed by atoms with van der Waals surface area (Å²) in [5, 5.41) is 11.2. The van der Waals surface area contributed by atoms with Gasteiger partial charge in [0.15, 0.2) is 0 Å². The quantitative estimate of drug-likeness (QED) is 0.563. The lowest BCUT2D eigenvalue weighted by atomic mass is 10.1. The second-order valence-corrected chi connectivity index (χ2v) is 3.56. The van der Waals surface area contributed by atoms with Gasteiger partial charge in [-0.25, -0.2) is 0 Å². The lowest BCUT2D eigenvalue weighted by molar-refractivity contribution is -0.141. The van der Waals surface area contributed by atoms with Crippen molar-refractivity contribution in [1.82, 2.24) is 5.32 Å². The molecule has 0 spiro atoms. The van der Waals surface area contributed by atoms with Crippen molar-refractivity contribution in [2.45, 2.75) is 32.7 Å². The van der Waals surface area contributed by atoms with Crippen molar-refractivity contribution < 1.29 is 14.7 Å². The van der Waals surface area contributed by atoms with E-state index in [2.05, 4.69) is 5.32 Å². The van der Waals surface area contributed by atoms with Gasteiger partial charge >= 0.3 is 5.97 Å². The standard InChI is InChI=1S/C9H18N2O3/c1-6(9(13)14)3-4-11-8(12)5-7(2)10/h6-7H,3-5,10H2,1-2H3,(H,11,12)(H,13,14). The van der Waals surface area contributed by atoms with Crippen LogP contribution in [-0.4, -0.2) is 29.6 Å². The molecule has 0 aromatic carbocycles. The maximum Gasteiger partial charge on any atom is 0.306 e. The largest absolute Gasteiger partial charge is 0.481 e. The summed E-state index contributed by atoms with van der Waals surface area (Å²) in [5.74, 6) is -1.39. The Hall–Kier alpha value is -1.10. The van der Waals surface area contributed by atoms with Crippen LogP contribution in [0.4, 0.5) is 0 Å². The van der Waals surface area contributed by atoms with Crippen LogP contribution in [0.5, 0.6) is 0 Å². The zero-order valence-corrected chi connectivity index (χ0v) is 8.62. The molecule has 0 aliphatic carbocycles. The van der Waals surface area contributed by atoms with Crippen LogP contribution in [0.3, 0.4) is 0 Å². The zero-order chi connectivity index (χ0) is 11.1. The minimum atomic E-state index is -0.841. The van der Waals surface area contributed by atoms with E-state index in [0.717, 1.165) is 0 Å². The molecule has 14 heavy (non-hydrogen) atoms. The summed E-state index contributed by atoms with van der Waals surface area (Å²) < 4.78 is 0. The second kappa shape index (κ2) is 6.37. The first kappa shape index (κ1) is 12.9. The Kier molecular flexibility index (Phi) is 5.87. The number of carbonyl (C=O) groups is 2. The first-order valence-electron chi connectivity index (χ1n) is 4.68. The van der Waals surface area contributed by atoms with Crippen LogP contribution in [0.15, 0.2) is 0 Å². The Balaban J connectivity index is 3.54. The van der Waals surface area contributed by atoms with E-state index in [9.17, 15) is 9.59 Å². The molecule has 0 bridgehead atoms. The Bertz CT molecular complexity index is 204. The minimum Gasteiger partial charge on any atom is -0.481 e. The minimum absolute atomic E-state index is 0.127. The van der Waals surface area contributed by atoms with Crippen LogP contribution in [-0.2, 0) is 9.59 Å². The molecule has 0 saturated carbocycles. The Morgan fingerprint density at radius 3 is 2.43 bits per heavy atom. The number of nitrogens with two attached hydrogens (primary N) is 1. The van der Waals surface area contributed by atoms with E-state index < -0.39 is 11.9 Å². The predicted octanol–water partition coefficient (Wildman–Crippen LogP) is -0.0493. The van der Waals surface area contributed by atoms with Gasteiger partial charge in [0.2, 0.25) is 5.91 Å². The van der Waals surface area contributed by atoms with Crippen molar-refractivity contribution >= 4 is 11.9 Å². The number of aliphatic carboxylic acids is 1. The number of carboxylic acid groups (broad SMARTS) is 1. The molecule has 0 radical (unpaired) electrons. The van der Waals surface area contributed by atoms with E-state index >= 15 is 0 Å². The molecule has 0 aromatic rings. The highest BCUT2D eigenvalue weighted by Crippen LogP contribution is 1.99. The monoisotopic (exact) mass is 202 g/mol. The maximum absolute atomic E-state index is 11.1. The third-order valence-corrected chi connectivity index (χ3v) is 1.83. The van der Waals surface area contributed by atoms with E-state index in [-0.39, 0.29) is 18.4 Å². The van der Waals surface area contributed by atoms with E-state index in [4.69, 9.17) is 10.8 Å². The fourth-order valence-corrected chi connectivity index (χ4v) is 0.916. The number of nitrogens with one attached hydrogen (secondary N) is 1. The van der Waals surface area contributed by atoms with Gasteiger partial charge in [0.1, 0.15) is 0 Å². The van der Waals surface area contributed by atoms with Crippen LogP contribution in [0, 0.1) is 5.92 Å². The summed E-state index contributed by atoms with van der Waals surface area (Å²) in [6.45, 7) is 3.75. The number of rotatable bonds is 6. The van der Waals surface area contributed by atoms with Gasteiger partial charge in [-0.05, 0) is 13.3 Å². The van der Waals surface area contributed by atoms with E-state index in [0.29, 0.717) is 13.0 Å². The van der Waals surface area contributed by atoms with Crippen LogP contribution < -0.4 is 11.1 Å². The molecule has 4 N–H and O–H groups in total. The molecule has 5 nitrogen and oxygen atoms in total. The first-order chi connectivity index (χ1) is 6.43. The highest BCUT2D eigenvalue weighted by atomic mass is 16.4. The van der Waals surface area contributed by atoms with Crippen LogP contribution in [0.1, 0.15) is 26.7 Å². The van der Waals surface area contributed by atoms with Gasteiger partial charge in [0.25, 0.3) is 0 Å². The van der Waals surface area contributed by atoms with Crippen LogP contribution >= 0.6 is 0 Å². The smallest absolute Gasteiger partial charge is 0.306 e. The fraction of sp³-hybridized carbons (Fsp3) is 0.778. The number of carboxylic acids is 1. The molecule has 0 fully saturated rings. The molecule has 2 unspecified atom stereocenters. The lowest BCUT2D eigenvalue weighted by Gasteiger charge is -2.08. The van der Waals surface area contributed by atoms with Gasteiger partial charge in [-0.15, -0.1) is 0 Å². The normalized spacial score (nSPS) is 14.5. The van der Waals surface area contributed by atoms with Gasteiger partial charge in [0.05, 0.1) is 5.92 Å². The van der Waals surface area contributed by atoms with Crippen molar-refractivity contribution in [2.75, 3.05) is 6.54 Å². The second-order valence-electron chi connectivity index (χ2n) is 3.56. The molecule has 82 valence electrons. The SMILES string of the molecule is CC(N)CC(=O)NCCC(C)C(=O)O. The summed E-state index contributed by atoms with van der Waals surface area (Å²) in [5.41, 5.74) is 5.42. The van der Waals surface area contributed by atoms with Gasteiger partial charge < -0.3 is 16.2 Å². The Morgan fingerprint density at radius 2 is 2.00 bits per heavy atom. The number of hydrogen-bond donors (Lipinski definition) is 3. The summed E-state index contributed by atoms with van der Waals surface area (Å²) in [7, 11) is 0. The van der Waals surface area contributed by atoms with E-state index in [1.807, 2.05) is 0 Å². The van der Waals surface area contributed by atoms with Gasteiger partial charge in [-0.1, -0.05) is 6.92 Å². The number of carbonyl (C=O) groups excluding carboxylic acids is 1. The molecular weight excluding hydrogens is 184 g/mol. The fourth-order valence-electron chi connectivity index (χ4n) is 0.916. The van der Waals surface area contributed by atoms with Crippen LogP contribution in [0.25, 0.3) is 0 Å². The predicted molar refractivity (Wildman–Crippen MR) is 52.7 cm³/mol. The molecule has 0 rings (SSSR count). The lowest BCUT2D eigenvalue weighted by Crippen LogP contribution is -2.31. The molecule has 0 aliphatic rings. The zero-order valence-electron chi connectivity index (χ0n) is 8.62. The molecule has 0 aromatic heterocycles. The highest BCUT2D eigenvalue weighted by Gasteiger charge is 2.11.